The van der Waals surface area contributed by atoms with Crippen molar-refractivity contribution in [2.45, 2.75) is 96.6 Å². The minimum atomic E-state index is -0.558. The lowest BCUT2D eigenvalue weighted by Crippen LogP contribution is -2.75. The summed E-state index contributed by atoms with van der Waals surface area (Å²) in [7, 11) is 0. The molecule has 3 aliphatic carbocycles. The summed E-state index contributed by atoms with van der Waals surface area (Å²) < 4.78 is 12.7. The predicted octanol–water partition coefficient (Wildman–Crippen LogP) is 4.13. The maximum absolute atomic E-state index is 10.9. The molecule has 29 heavy (non-hydrogen) atoms. The zero-order chi connectivity index (χ0) is 20.6. The van der Waals surface area contributed by atoms with Crippen molar-refractivity contribution < 1.29 is 19.7 Å². The van der Waals surface area contributed by atoms with Crippen molar-refractivity contribution in [1.29, 1.82) is 0 Å². The molecule has 4 fully saturated rings. The second-order valence-electron chi connectivity index (χ2n) is 10.4. The molecule has 1 spiro atoms. The van der Waals surface area contributed by atoms with E-state index in [2.05, 4.69) is 32.6 Å². The zero-order valence-corrected chi connectivity index (χ0v) is 18.5. The first-order chi connectivity index (χ1) is 13.9. The quantitative estimate of drug-likeness (QED) is 0.692. The monoisotopic (exact) mass is 404 g/mol. The molecule has 3 saturated carbocycles. The van der Waals surface area contributed by atoms with Gasteiger partial charge in [-0.05, 0) is 56.3 Å². The van der Waals surface area contributed by atoms with Crippen LogP contribution in [-0.2, 0) is 9.47 Å². The third-order valence-corrected chi connectivity index (χ3v) is 8.51. The molecule has 0 amide bonds. The van der Waals surface area contributed by atoms with Gasteiger partial charge in [0.05, 0.1) is 25.2 Å². The molecule has 4 nitrogen and oxygen atoms in total. The number of hydrogen-bond donors (Lipinski definition) is 2. The van der Waals surface area contributed by atoms with E-state index in [1.807, 2.05) is 0 Å². The minimum Gasteiger partial charge on any atom is -0.392 e. The smallest absolute Gasteiger partial charge is 0.177 e. The van der Waals surface area contributed by atoms with Crippen molar-refractivity contribution >= 4 is 0 Å². The highest BCUT2D eigenvalue weighted by Crippen LogP contribution is 2.72. The van der Waals surface area contributed by atoms with Gasteiger partial charge in [-0.2, -0.15) is 0 Å². The molecule has 0 aromatic carbocycles. The van der Waals surface area contributed by atoms with E-state index in [1.165, 1.54) is 19.3 Å². The Bertz CT molecular complexity index is 622. The highest BCUT2D eigenvalue weighted by molar-refractivity contribution is 5.25. The number of hydrogen-bond acceptors (Lipinski definition) is 4. The van der Waals surface area contributed by atoms with Crippen LogP contribution in [0.15, 0.2) is 0 Å². The lowest BCUT2D eigenvalue weighted by Gasteiger charge is -2.70. The van der Waals surface area contributed by atoms with Crippen LogP contribution in [0.4, 0.5) is 0 Å². The molecular weight excluding hydrogens is 364 g/mol. The molecule has 1 heterocycles. The molecular formula is C25H40O4. The second-order valence-corrected chi connectivity index (χ2v) is 10.4. The Kier molecular flexibility index (Phi) is 6.34. The summed E-state index contributed by atoms with van der Waals surface area (Å²) >= 11 is 0. The summed E-state index contributed by atoms with van der Waals surface area (Å²) in [6, 6.07) is 0. The first-order valence-corrected chi connectivity index (χ1v) is 12.1. The normalized spacial score (nSPS) is 40.2. The fraction of sp³-hybridized carbons (Fsp3) is 0.920. The molecule has 4 rings (SSSR count). The van der Waals surface area contributed by atoms with E-state index in [4.69, 9.17) is 9.47 Å². The van der Waals surface area contributed by atoms with Gasteiger partial charge in [0.15, 0.2) is 5.79 Å². The summed E-state index contributed by atoms with van der Waals surface area (Å²) in [5.74, 6) is 7.41. The van der Waals surface area contributed by atoms with E-state index in [9.17, 15) is 10.2 Å². The molecule has 1 saturated heterocycles. The Balaban J connectivity index is 1.61. The van der Waals surface area contributed by atoms with Crippen molar-refractivity contribution in [1.82, 2.24) is 0 Å². The third kappa shape index (κ3) is 3.47. The minimum absolute atomic E-state index is 0.0581. The van der Waals surface area contributed by atoms with Crippen LogP contribution in [0.25, 0.3) is 0 Å². The van der Waals surface area contributed by atoms with Crippen LogP contribution in [0.1, 0.15) is 78.6 Å². The van der Waals surface area contributed by atoms with Gasteiger partial charge in [-0.3, -0.25) is 0 Å². The number of fused-ring (bicyclic) bond motifs is 2. The molecule has 2 N–H and O–H groups in total. The molecule has 0 bridgehead atoms. The van der Waals surface area contributed by atoms with Crippen molar-refractivity contribution in [3.63, 3.8) is 0 Å². The molecule has 6 atom stereocenters. The molecule has 0 aromatic rings. The van der Waals surface area contributed by atoms with E-state index in [0.29, 0.717) is 25.0 Å². The highest BCUT2D eigenvalue weighted by atomic mass is 16.7. The number of rotatable bonds is 4. The van der Waals surface area contributed by atoms with E-state index >= 15 is 0 Å². The van der Waals surface area contributed by atoms with Gasteiger partial charge in [0.2, 0.25) is 0 Å². The Labute approximate surface area is 176 Å². The van der Waals surface area contributed by atoms with Crippen LogP contribution in [0, 0.1) is 46.8 Å². The summed E-state index contributed by atoms with van der Waals surface area (Å²) in [6.07, 6.45) is 8.55. The van der Waals surface area contributed by atoms with E-state index in [-0.39, 0.29) is 23.2 Å². The van der Waals surface area contributed by atoms with Crippen LogP contribution >= 0.6 is 0 Å². The van der Waals surface area contributed by atoms with E-state index in [1.54, 1.807) is 0 Å². The van der Waals surface area contributed by atoms with Gasteiger partial charge in [0.1, 0.15) is 6.10 Å². The molecule has 4 heteroatoms. The van der Waals surface area contributed by atoms with Crippen molar-refractivity contribution in [3.05, 3.63) is 0 Å². The van der Waals surface area contributed by atoms with E-state index < -0.39 is 18.0 Å². The fourth-order valence-electron chi connectivity index (χ4n) is 7.22. The molecule has 0 aromatic heterocycles. The summed E-state index contributed by atoms with van der Waals surface area (Å²) in [5.41, 5.74) is -0.0581. The SMILES string of the molecule is CC[C@@]12CC[C@H](O)[C@@H](C#C[C@@H](O)C3CCCCC3)[C@@H]1C(CC(C)C)C21OCCO1. The summed E-state index contributed by atoms with van der Waals surface area (Å²) in [4.78, 5) is 0. The van der Waals surface area contributed by atoms with Crippen LogP contribution in [0.3, 0.4) is 0 Å². The van der Waals surface area contributed by atoms with Crippen molar-refractivity contribution in [2.24, 2.45) is 35.0 Å². The van der Waals surface area contributed by atoms with Gasteiger partial charge in [-0.1, -0.05) is 51.9 Å². The first-order valence-electron chi connectivity index (χ1n) is 12.1. The maximum Gasteiger partial charge on any atom is 0.177 e. The second kappa shape index (κ2) is 8.50. The van der Waals surface area contributed by atoms with Crippen LogP contribution in [-0.4, -0.2) is 41.4 Å². The lowest BCUT2D eigenvalue weighted by atomic mass is 9.39. The zero-order valence-electron chi connectivity index (χ0n) is 18.5. The van der Waals surface area contributed by atoms with Crippen LogP contribution < -0.4 is 0 Å². The molecule has 0 radical (unpaired) electrons. The average molecular weight is 405 g/mol. The lowest BCUT2D eigenvalue weighted by molar-refractivity contribution is -0.393. The van der Waals surface area contributed by atoms with Crippen molar-refractivity contribution in [2.75, 3.05) is 13.2 Å². The van der Waals surface area contributed by atoms with Crippen molar-refractivity contribution in [3.8, 4) is 11.8 Å². The number of ether oxygens (including phenoxy) is 2. The van der Waals surface area contributed by atoms with Gasteiger partial charge in [0.25, 0.3) is 0 Å². The van der Waals surface area contributed by atoms with Gasteiger partial charge >= 0.3 is 0 Å². The van der Waals surface area contributed by atoms with E-state index in [0.717, 1.165) is 38.5 Å². The molecule has 164 valence electrons. The Morgan fingerprint density at radius 2 is 1.76 bits per heavy atom. The topological polar surface area (TPSA) is 58.9 Å². The highest BCUT2D eigenvalue weighted by Gasteiger charge is 2.76. The Morgan fingerprint density at radius 1 is 1.07 bits per heavy atom. The number of aliphatic hydroxyl groups excluding tert-OH is 2. The fourth-order valence-corrected chi connectivity index (χ4v) is 7.22. The molecule has 1 unspecified atom stereocenters. The van der Waals surface area contributed by atoms with Crippen LogP contribution in [0.5, 0.6) is 0 Å². The summed E-state index contributed by atoms with van der Waals surface area (Å²) in [6.45, 7) is 8.08. The molecule has 4 aliphatic rings. The average Bonchev–Trinajstić information content (AvgIpc) is 3.24. The van der Waals surface area contributed by atoms with Gasteiger partial charge in [-0.25, -0.2) is 0 Å². The standard InChI is InChI=1S/C25H40O4/c1-4-24-13-12-22(27)19(10-11-21(26)18-8-6-5-7-9-18)23(24)20(16-17(2)3)25(24)28-14-15-29-25/h17-23,26-27H,4-9,12-16H2,1-3H3/t19-,20?,21-,22+,23-,24-/m1/s1. The Hall–Kier alpha value is -0.600. The first kappa shape index (κ1) is 21.6. The number of aliphatic hydroxyl groups is 2. The van der Waals surface area contributed by atoms with Crippen LogP contribution in [0.2, 0.25) is 0 Å². The van der Waals surface area contributed by atoms with Gasteiger partial charge < -0.3 is 19.7 Å². The Morgan fingerprint density at radius 3 is 2.38 bits per heavy atom. The molecule has 1 aliphatic heterocycles. The largest absolute Gasteiger partial charge is 0.392 e. The van der Waals surface area contributed by atoms with Gasteiger partial charge in [-0.15, -0.1) is 0 Å². The predicted molar refractivity (Wildman–Crippen MR) is 113 cm³/mol. The van der Waals surface area contributed by atoms with Gasteiger partial charge in [0, 0.05) is 11.3 Å². The third-order valence-electron chi connectivity index (χ3n) is 8.51. The maximum atomic E-state index is 10.9. The summed E-state index contributed by atoms with van der Waals surface area (Å²) in [5, 5.41) is 21.6.